The number of fused-ring (bicyclic) bond motifs is 3. The van der Waals surface area contributed by atoms with Gasteiger partial charge in [-0.1, -0.05) is 19.1 Å². The molecule has 1 spiro atoms. The van der Waals surface area contributed by atoms with Crippen LogP contribution >= 0.6 is 0 Å². The molecule has 0 saturated heterocycles. The minimum absolute atomic E-state index is 0.0621. The summed E-state index contributed by atoms with van der Waals surface area (Å²) in [6.07, 6.45) is 2.23. The molecule has 0 saturated carbocycles. The summed E-state index contributed by atoms with van der Waals surface area (Å²) < 4.78 is 14.3. The van der Waals surface area contributed by atoms with E-state index < -0.39 is 17.1 Å². The molecule has 160 valence electrons. The second-order valence-corrected chi connectivity index (χ2v) is 8.22. The Hall–Kier alpha value is -3.92. The first-order valence-corrected chi connectivity index (χ1v) is 10.6. The normalized spacial score (nSPS) is 22.1. The monoisotopic (exact) mass is 428 g/mol. The summed E-state index contributed by atoms with van der Waals surface area (Å²) >= 11 is 0. The van der Waals surface area contributed by atoms with Gasteiger partial charge in [0.1, 0.15) is 23.1 Å². The average molecular weight is 428 g/mol. The minimum atomic E-state index is -1.75. The van der Waals surface area contributed by atoms with Crippen molar-refractivity contribution in [2.75, 3.05) is 10.2 Å². The maximum absolute atomic E-state index is 14.3. The smallest absolute Gasteiger partial charge is 0.245 e. The number of benzene rings is 2. The zero-order valence-corrected chi connectivity index (χ0v) is 17.5. The quantitative estimate of drug-likeness (QED) is 0.758. The third-order valence-electron chi connectivity index (χ3n) is 6.59. The lowest BCUT2D eigenvalue weighted by Crippen LogP contribution is -2.50. The fourth-order valence-electron chi connectivity index (χ4n) is 5.14. The Morgan fingerprint density at radius 1 is 1.19 bits per heavy atom. The maximum atomic E-state index is 14.3. The number of aryl methyl sites for hydroxylation is 1. The van der Waals surface area contributed by atoms with Gasteiger partial charge >= 0.3 is 0 Å². The highest BCUT2D eigenvalue weighted by molar-refractivity contribution is 6.19. The van der Waals surface area contributed by atoms with E-state index in [4.69, 9.17) is 5.73 Å². The third kappa shape index (κ3) is 2.50. The SMILES string of the molecule is CCc1ccc(N2C(N)=C(C#N)C3(C(=O)Nc4ccc(F)cc43)C3=C2CCCC3=O)cc1. The van der Waals surface area contributed by atoms with Crippen LogP contribution in [0.25, 0.3) is 0 Å². The number of anilines is 2. The summed E-state index contributed by atoms with van der Waals surface area (Å²) in [6.45, 7) is 2.05. The van der Waals surface area contributed by atoms with Gasteiger partial charge in [0.15, 0.2) is 5.78 Å². The number of ketones is 1. The predicted molar refractivity (Wildman–Crippen MR) is 118 cm³/mol. The van der Waals surface area contributed by atoms with Crippen molar-refractivity contribution in [3.8, 4) is 6.07 Å². The molecule has 5 rings (SSSR count). The number of carbonyl (C=O) groups is 2. The van der Waals surface area contributed by atoms with Crippen LogP contribution in [0.3, 0.4) is 0 Å². The Kier molecular flexibility index (Phi) is 4.41. The number of nitriles is 1. The first-order valence-electron chi connectivity index (χ1n) is 10.6. The van der Waals surface area contributed by atoms with Gasteiger partial charge in [0.25, 0.3) is 0 Å². The molecular formula is C25H21FN4O2. The van der Waals surface area contributed by atoms with E-state index in [1.54, 1.807) is 4.90 Å². The molecule has 1 unspecified atom stereocenters. The van der Waals surface area contributed by atoms with Crippen molar-refractivity contribution in [2.24, 2.45) is 5.73 Å². The van der Waals surface area contributed by atoms with Crippen molar-refractivity contribution < 1.29 is 14.0 Å². The fraction of sp³-hybridized carbons (Fsp3) is 0.240. The molecule has 1 aliphatic carbocycles. The summed E-state index contributed by atoms with van der Waals surface area (Å²) in [4.78, 5) is 28.5. The topological polar surface area (TPSA) is 99.2 Å². The van der Waals surface area contributed by atoms with Crippen LogP contribution in [0.2, 0.25) is 0 Å². The van der Waals surface area contributed by atoms with Crippen LogP contribution in [0.15, 0.2) is 65.1 Å². The van der Waals surface area contributed by atoms with E-state index in [1.807, 2.05) is 24.3 Å². The molecule has 3 N–H and O–H groups in total. The van der Waals surface area contributed by atoms with Crippen molar-refractivity contribution >= 4 is 23.1 Å². The Morgan fingerprint density at radius 2 is 1.94 bits per heavy atom. The first-order chi connectivity index (χ1) is 15.4. The first kappa shape index (κ1) is 20.0. The van der Waals surface area contributed by atoms with Crippen LogP contribution < -0.4 is 16.0 Å². The minimum Gasteiger partial charge on any atom is -0.384 e. The summed E-state index contributed by atoms with van der Waals surface area (Å²) in [7, 11) is 0. The maximum Gasteiger partial charge on any atom is 0.245 e. The fourth-order valence-corrected chi connectivity index (χ4v) is 5.14. The lowest BCUT2D eigenvalue weighted by Gasteiger charge is -2.43. The van der Waals surface area contributed by atoms with Gasteiger partial charge in [-0.15, -0.1) is 0 Å². The number of carbonyl (C=O) groups excluding carboxylic acids is 2. The number of nitrogens with zero attached hydrogens (tertiary/aromatic N) is 2. The highest BCUT2D eigenvalue weighted by Crippen LogP contribution is 2.55. The molecule has 32 heavy (non-hydrogen) atoms. The summed E-state index contributed by atoms with van der Waals surface area (Å²) in [5.74, 6) is -1.26. The molecule has 1 amide bonds. The molecule has 3 aliphatic rings. The number of nitrogens with two attached hydrogens (primary N) is 1. The molecule has 1 atom stereocenters. The number of amides is 1. The molecule has 0 aromatic heterocycles. The van der Waals surface area contributed by atoms with Gasteiger partial charge in [-0.3, -0.25) is 14.5 Å². The van der Waals surface area contributed by atoms with Gasteiger partial charge in [0.05, 0.1) is 5.57 Å². The van der Waals surface area contributed by atoms with Crippen LogP contribution in [0.4, 0.5) is 15.8 Å². The summed E-state index contributed by atoms with van der Waals surface area (Å²) in [5.41, 5.74) is 8.05. The van der Waals surface area contributed by atoms with Crippen molar-refractivity contribution in [1.82, 2.24) is 0 Å². The predicted octanol–water partition coefficient (Wildman–Crippen LogP) is 3.80. The number of halogens is 1. The Morgan fingerprint density at radius 3 is 2.62 bits per heavy atom. The lowest BCUT2D eigenvalue weighted by molar-refractivity contribution is -0.122. The van der Waals surface area contributed by atoms with E-state index >= 15 is 0 Å². The largest absolute Gasteiger partial charge is 0.384 e. The van der Waals surface area contributed by atoms with Gasteiger partial charge in [0.2, 0.25) is 5.91 Å². The van der Waals surface area contributed by atoms with Crippen LogP contribution in [0.1, 0.15) is 37.3 Å². The molecule has 2 aromatic rings. The molecule has 2 aromatic carbocycles. The van der Waals surface area contributed by atoms with E-state index in [0.717, 1.165) is 12.0 Å². The molecule has 2 heterocycles. The summed E-state index contributed by atoms with van der Waals surface area (Å²) in [6, 6.07) is 13.7. The summed E-state index contributed by atoms with van der Waals surface area (Å²) in [5, 5.41) is 12.9. The zero-order chi connectivity index (χ0) is 22.6. The molecule has 0 bridgehead atoms. The highest BCUT2D eigenvalue weighted by Gasteiger charge is 2.60. The number of allylic oxidation sites excluding steroid dienone is 1. The number of hydrogen-bond donors (Lipinski definition) is 2. The van der Waals surface area contributed by atoms with Crippen LogP contribution in [-0.4, -0.2) is 11.7 Å². The van der Waals surface area contributed by atoms with Gasteiger partial charge in [-0.05, 0) is 55.2 Å². The van der Waals surface area contributed by atoms with Crippen molar-refractivity contribution in [1.29, 1.82) is 5.26 Å². The zero-order valence-electron chi connectivity index (χ0n) is 17.5. The van der Waals surface area contributed by atoms with E-state index in [0.29, 0.717) is 29.9 Å². The third-order valence-corrected chi connectivity index (χ3v) is 6.59. The molecule has 0 fully saturated rings. The lowest BCUT2D eigenvalue weighted by atomic mass is 9.64. The number of Topliss-reactive ketones (excluding diaryl/α,β-unsaturated/α-hetero) is 1. The van der Waals surface area contributed by atoms with Gasteiger partial charge < -0.3 is 11.1 Å². The second-order valence-electron chi connectivity index (χ2n) is 8.22. The van der Waals surface area contributed by atoms with Gasteiger partial charge in [-0.2, -0.15) is 5.26 Å². The van der Waals surface area contributed by atoms with Crippen LogP contribution in [-0.2, 0) is 21.4 Å². The number of nitrogens with one attached hydrogen (secondary N) is 1. The molecule has 0 radical (unpaired) electrons. The van der Waals surface area contributed by atoms with Crippen molar-refractivity contribution in [3.63, 3.8) is 0 Å². The van der Waals surface area contributed by atoms with Crippen LogP contribution in [0.5, 0.6) is 0 Å². The highest BCUT2D eigenvalue weighted by atomic mass is 19.1. The van der Waals surface area contributed by atoms with Crippen molar-refractivity contribution in [2.45, 2.75) is 38.0 Å². The van der Waals surface area contributed by atoms with Crippen molar-refractivity contribution in [3.05, 3.63) is 82.1 Å². The number of hydrogen-bond acceptors (Lipinski definition) is 5. The number of rotatable bonds is 2. The molecule has 7 heteroatoms. The average Bonchev–Trinajstić information content (AvgIpc) is 3.06. The van der Waals surface area contributed by atoms with E-state index in [2.05, 4.69) is 18.3 Å². The van der Waals surface area contributed by atoms with Gasteiger partial charge in [0, 0.05) is 34.6 Å². The Bertz CT molecular complexity index is 1290. The molecule has 6 nitrogen and oxygen atoms in total. The van der Waals surface area contributed by atoms with E-state index in [1.165, 1.54) is 18.2 Å². The standard InChI is InChI=1S/C25H21FN4O2/c1-2-14-6-9-16(10-7-14)30-20-4-3-5-21(31)22(20)25(18(13-27)23(30)28)17-12-15(26)8-11-19(17)29-24(25)32/h6-12H,2-5,28H2,1H3,(H,29,32). The molecular weight excluding hydrogens is 407 g/mol. The second kappa shape index (κ2) is 7.06. The molecule has 2 aliphatic heterocycles. The Balaban J connectivity index is 1.85. The van der Waals surface area contributed by atoms with E-state index in [9.17, 15) is 19.2 Å². The van der Waals surface area contributed by atoms with Crippen LogP contribution in [0, 0.1) is 17.1 Å². The van der Waals surface area contributed by atoms with E-state index in [-0.39, 0.29) is 34.7 Å². The van der Waals surface area contributed by atoms with Gasteiger partial charge in [-0.25, -0.2) is 4.39 Å². The Labute approximate surface area is 184 Å².